The van der Waals surface area contributed by atoms with Gasteiger partial charge in [-0.25, -0.2) is 0 Å². The molecule has 2 N–H and O–H groups in total. The molecule has 0 bridgehead atoms. The number of hydrogen-bond acceptors (Lipinski definition) is 2. The molecule has 5 heteroatoms. The lowest BCUT2D eigenvalue weighted by molar-refractivity contribution is 0.409. The van der Waals surface area contributed by atoms with Crippen molar-refractivity contribution in [3.8, 4) is 5.75 Å². The van der Waals surface area contributed by atoms with Gasteiger partial charge in [0.15, 0.2) is 5.96 Å². The molecular formula is C18H22ClN3O. The molecule has 2 aromatic rings. The Morgan fingerprint density at radius 1 is 1.09 bits per heavy atom. The number of nitrogens with one attached hydrogen (secondary N) is 2. The lowest BCUT2D eigenvalue weighted by atomic mass is 10.1. The van der Waals surface area contributed by atoms with E-state index in [2.05, 4.69) is 15.6 Å². The lowest BCUT2D eigenvalue weighted by Crippen LogP contribution is -2.37. The molecule has 0 saturated heterocycles. The summed E-state index contributed by atoms with van der Waals surface area (Å²) in [6, 6.07) is 15.8. The first-order chi connectivity index (χ1) is 11.2. The number of hydrogen-bond donors (Lipinski definition) is 2. The van der Waals surface area contributed by atoms with Gasteiger partial charge in [0.2, 0.25) is 0 Å². The minimum absolute atomic E-state index is 0.657. The van der Waals surface area contributed by atoms with Crippen molar-refractivity contribution in [1.29, 1.82) is 0 Å². The van der Waals surface area contributed by atoms with Gasteiger partial charge in [-0.2, -0.15) is 0 Å². The highest BCUT2D eigenvalue weighted by Gasteiger charge is 2.03. The van der Waals surface area contributed by atoms with Gasteiger partial charge in [0, 0.05) is 30.7 Å². The SMILES string of the molecule is CN=C(NCCc1ccc(Cl)cc1)NCc1ccccc1OC. The van der Waals surface area contributed by atoms with Gasteiger partial charge in [-0.05, 0) is 30.2 Å². The van der Waals surface area contributed by atoms with Gasteiger partial charge < -0.3 is 15.4 Å². The minimum Gasteiger partial charge on any atom is -0.496 e. The number of methoxy groups -OCH3 is 1. The lowest BCUT2D eigenvalue weighted by Gasteiger charge is -2.13. The van der Waals surface area contributed by atoms with Gasteiger partial charge in [-0.3, -0.25) is 4.99 Å². The fourth-order valence-electron chi connectivity index (χ4n) is 2.22. The average molecular weight is 332 g/mol. The number of benzene rings is 2. The largest absolute Gasteiger partial charge is 0.496 e. The predicted octanol–water partition coefficient (Wildman–Crippen LogP) is 3.26. The summed E-state index contributed by atoms with van der Waals surface area (Å²) in [6.07, 6.45) is 0.909. The zero-order chi connectivity index (χ0) is 16.5. The molecule has 4 nitrogen and oxygen atoms in total. The molecule has 0 aromatic heterocycles. The first kappa shape index (κ1) is 17.2. The van der Waals surface area contributed by atoms with Gasteiger partial charge in [0.1, 0.15) is 5.75 Å². The molecule has 2 aromatic carbocycles. The summed E-state index contributed by atoms with van der Waals surface area (Å²) in [6.45, 7) is 1.46. The standard InChI is InChI=1S/C18H22ClN3O/c1-20-18(21-12-11-14-7-9-16(19)10-8-14)22-13-15-5-3-4-6-17(15)23-2/h3-10H,11-13H2,1-2H3,(H2,20,21,22). The first-order valence-corrected chi connectivity index (χ1v) is 7.91. The van der Waals surface area contributed by atoms with Crippen molar-refractivity contribution in [2.24, 2.45) is 4.99 Å². The van der Waals surface area contributed by atoms with Gasteiger partial charge in [0.05, 0.1) is 7.11 Å². The van der Waals surface area contributed by atoms with Crippen LogP contribution in [0.2, 0.25) is 5.02 Å². The van der Waals surface area contributed by atoms with Crippen molar-refractivity contribution >= 4 is 17.6 Å². The van der Waals surface area contributed by atoms with Gasteiger partial charge in [-0.1, -0.05) is 41.9 Å². The Morgan fingerprint density at radius 3 is 2.52 bits per heavy atom. The summed E-state index contributed by atoms with van der Waals surface area (Å²) in [5.74, 6) is 1.64. The second-order valence-corrected chi connectivity index (χ2v) is 5.48. The fourth-order valence-corrected chi connectivity index (χ4v) is 2.35. The molecule has 0 amide bonds. The zero-order valence-electron chi connectivity index (χ0n) is 13.5. The summed E-state index contributed by atoms with van der Waals surface area (Å²) in [5.41, 5.74) is 2.33. The molecule has 0 aliphatic rings. The van der Waals surface area contributed by atoms with Gasteiger partial charge in [0.25, 0.3) is 0 Å². The van der Waals surface area contributed by atoms with E-state index in [1.165, 1.54) is 5.56 Å². The molecule has 0 saturated carbocycles. The summed E-state index contributed by atoms with van der Waals surface area (Å²) < 4.78 is 5.35. The molecule has 0 fully saturated rings. The van der Waals surface area contributed by atoms with Crippen LogP contribution >= 0.6 is 11.6 Å². The monoisotopic (exact) mass is 331 g/mol. The molecule has 0 radical (unpaired) electrons. The smallest absolute Gasteiger partial charge is 0.191 e. The number of aliphatic imine (C=N–C) groups is 1. The van der Waals surface area contributed by atoms with Crippen LogP contribution in [0.5, 0.6) is 5.75 Å². The molecule has 0 aliphatic heterocycles. The molecular weight excluding hydrogens is 310 g/mol. The third-order valence-corrected chi connectivity index (χ3v) is 3.73. The Bertz CT molecular complexity index is 641. The summed E-state index contributed by atoms with van der Waals surface area (Å²) in [4.78, 5) is 4.24. The Hall–Kier alpha value is -2.20. The van der Waals surface area contributed by atoms with E-state index in [4.69, 9.17) is 16.3 Å². The van der Waals surface area contributed by atoms with Crippen LogP contribution in [0.3, 0.4) is 0 Å². The Kier molecular flexibility index (Phi) is 6.76. The topological polar surface area (TPSA) is 45.7 Å². The van der Waals surface area contributed by atoms with Crippen LogP contribution in [0.15, 0.2) is 53.5 Å². The summed E-state index contributed by atoms with van der Waals surface area (Å²) in [5, 5.41) is 7.36. The minimum atomic E-state index is 0.657. The quantitative estimate of drug-likeness (QED) is 0.631. The van der Waals surface area contributed by atoms with Crippen molar-refractivity contribution in [2.45, 2.75) is 13.0 Å². The van der Waals surface area contributed by atoms with E-state index >= 15 is 0 Å². The van der Waals surface area contributed by atoms with Crippen molar-refractivity contribution in [1.82, 2.24) is 10.6 Å². The van der Waals surface area contributed by atoms with Crippen molar-refractivity contribution < 1.29 is 4.74 Å². The van der Waals surface area contributed by atoms with E-state index in [1.807, 2.05) is 48.5 Å². The first-order valence-electron chi connectivity index (χ1n) is 7.54. The molecule has 0 spiro atoms. The normalized spacial score (nSPS) is 11.2. The molecule has 122 valence electrons. The third-order valence-electron chi connectivity index (χ3n) is 3.48. The molecule has 2 rings (SSSR count). The van der Waals surface area contributed by atoms with Crippen LogP contribution in [0, 0.1) is 0 Å². The van der Waals surface area contributed by atoms with E-state index in [0.717, 1.165) is 35.3 Å². The number of halogens is 1. The third kappa shape index (κ3) is 5.49. The highest BCUT2D eigenvalue weighted by atomic mass is 35.5. The van der Waals surface area contributed by atoms with E-state index in [9.17, 15) is 0 Å². The molecule has 23 heavy (non-hydrogen) atoms. The number of nitrogens with zero attached hydrogens (tertiary/aromatic N) is 1. The van der Waals surface area contributed by atoms with Crippen LogP contribution in [-0.2, 0) is 13.0 Å². The van der Waals surface area contributed by atoms with Crippen LogP contribution in [0.1, 0.15) is 11.1 Å². The summed E-state index contributed by atoms with van der Waals surface area (Å²) >= 11 is 5.89. The zero-order valence-corrected chi connectivity index (χ0v) is 14.2. The Balaban J connectivity index is 1.80. The molecule has 0 atom stereocenters. The maximum atomic E-state index is 5.89. The highest BCUT2D eigenvalue weighted by Crippen LogP contribution is 2.16. The number of ether oxygens (including phenoxy) is 1. The summed E-state index contributed by atoms with van der Waals surface area (Å²) in [7, 11) is 3.44. The highest BCUT2D eigenvalue weighted by molar-refractivity contribution is 6.30. The Morgan fingerprint density at radius 2 is 1.83 bits per heavy atom. The number of para-hydroxylation sites is 1. The molecule has 0 heterocycles. The molecule has 0 aliphatic carbocycles. The van der Waals surface area contributed by atoms with E-state index in [0.29, 0.717) is 6.54 Å². The maximum Gasteiger partial charge on any atom is 0.191 e. The van der Waals surface area contributed by atoms with Crippen LogP contribution in [0.4, 0.5) is 0 Å². The second kappa shape index (κ2) is 9.06. The second-order valence-electron chi connectivity index (χ2n) is 5.04. The fraction of sp³-hybridized carbons (Fsp3) is 0.278. The van der Waals surface area contributed by atoms with Crippen molar-refractivity contribution in [3.63, 3.8) is 0 Å². The van der Waals surface area contributed by atoms with Gasteiger partial charge in [-0.15, -0.1) is 0 Å². The van der Waals surface area contributed by atoms with E-state index < -0.39 is 0 Å². The average Bonchev–Trinajstić information content (AvgIpc) is 2.59. The number of rotatable bonds is 6. The van der Waals surface area contributed by atoms with Crippen molar-refractivity contribution in [2.75, 3.05) is 20.7 Å². The van der Waals surface area contributed by atoms with E-state index in [1.54, 1.807) is 14.2 Å². The molecule has 0 unspecified atom stereocenters. The van der Waals surface area contributed by atoms with E-state index in [-0.39, 0.29) is 0 Å². The van der Waals surface area contributed by atoms with Crippen LogP contribution < -0.4 is 15.4 Å². The van der Waals surface area contributed by atoms with Crippen LogP contribution in [-0.4, -0.2) is 26.7 Å². The maximum absolute atomic E-state index is 5.89. The predicted molar refractivity (Wildman–Crippen MR) is 96.4 cm³/mol. The van der Waals surface area contributed by atoms with Gasteiger partial charge >= 0.3 is 0 Å². The van der Waals surface area contributed by atoms with Crippen molar-refractivity contribution in [3.05, 3.63) is 64.7 Å². The number of guanidine groups is 1. The Labute approximate surface area is 142 Å². The van der Waals surface area contributed by atoms with Crippen LogP contribution in [0.25, 0.3) is 0 Å².